The predicted molar refractivity (Wildman–Crippen MR) is 71.2 cm³/mol. The maximum Gasteiger partial charge on any atom is 0.137 e. The Balaban J connectivity index is 2.03. The Morgan fingerprint density at radius 3 is 2.78 bits per heavy atom. The van der Waals surface area contributed by atoms with Crippen LogP contribution in [-0.4, -0.2) is 19.9 Å². The van der Waals surface area contributed by atoms with Gasteiger partial charge in [-0.15, -0.1) is 0 Å². The molecule has 4 heterocycles. The molecule has 86 valence electrons. The largest absolute Gasteiger partial charge is 0.346 e. The van der Waals surface area contributed by atoms with E-state index in [2.05, 4.69) is 26.0 Å². The molecule has 4 aromatic heterocycles. The lowest BCUT2D eigenvalue weighted by Gasteiger charge is -2.03. The van der Waals surface area contributed by atoms with Crippen molar-refractivity contribution in [3.63, 3.8) is 0 Å². The molecule has 0 fully saturated rings. The minimum absolute atomic E-state index is 0.904. The number of hydrogen-bond donors (Lipinski definition) is 2. The van der Waals surface area contributed by atoms with Crippen LogP contribution in [0.5, 0.6) is 0 Å². The van der Waals surface area contributed by atoms with E-state index in [-0.39, 0.29) is 0 Å². The topological polar surface area (TPSA) is 57.4 Å². The lowest BCUT2D eigenvalue weighted by Crippen LogP contribution is -1.84. The van der Waals surface area contributed by atoms with Crippen molar-refractivity contribution in [1.29, 1.82) is 0 Å². The fraction of sp³-hybridized carbons (Fsp3) is 0. The highest BCUT2D eigenvalue weighted by Gasteiger charge is 2.06. The monoisotopic (exact) mass is 234 g/mol. The number of hydrogen-bond acceptors (Lipinski definition) is 2. The van der Waals surface area contributed by atoms with Gasteiger partial charge in [-0.3, -0.25) is 0 Å². The van der Waals surface area contributed by atoms with Gasteiger partial charge < -0.3 is 9.97 Å². The molecule has 0 spiro atoms. The zero-order chi connectivity index (χ0) is 11.9. The number of aromatic nitrogens is 4. The van der Waals surface area contributed by atoms with Crippen LogP contribution in [0.25, 0.3) is 33.2 Å². The van der Waals surface area contributed by atoms with E-state index in [0.717, 1.165) is 33.2 Å². The number of rotatable bonds is 1. The SMILES string of the molecule is c1cc(-c2cnc3[nH]ccc3c2)c2cc[nH]c2n1. The van der Waals surface area contributed by atoms with E-state index >= 15 is 0 Å². The first kappa shape index (κ1) is 9.41. The van der Waals surface area contributed by atoms with Gasteiger partial charge in [-0.05, 0) is 29.8 Å². The van der Waals surface area contributed by atoms with Crippen LogP contribution in [0.4, 0.5) is 0 Å². The van der Waals surface area contributed by atoms with Gasteiger partial charge >= 0.3 is 0 Å². The summed E-state index contributed by atoms with van der Waals surface area (Å²) in [7, 11) is 0. The van der Waals surface area contributed by atoms with Crippen LogP contribution < -0.4 is 0 Å². The molecule has 0 saturated carbocycles. The molecule has 2 N–H and O–H groups in total. The van der Waals surface area contributed by atoms with E-state index in [4.69, 9.17) is 0 Å². The van der Waals surface area contributed by atoms with Crippen LogP contribution in [0, 0.1) is 0 Å². The Labute approximate surface area is 103 Å². The van der Waals surface area contributed by atoms with Gasteiger partial charge in [-0.1, -0.05) is 0 Å². The van der Waals surface area contributed by atoms with Crippen LogP contribution in [0.15, 0.2) is 49.1 Å². The number of nitrogens with zero attached hydrogens (tertiary/aromatic N) is 2. The lowest BCUT2D eigenvalue weighted by molar-refractivity contribution is 1.31. The molecule has 0 amide bonds. The van der Waals surface area contributed by atoms with Gasteiger partial charge in [-0.25, -0.2) is 9.97 Å². The molecule has 0 saturated heterocycles. The van der Waals surface area contributed by atoms with Gasteiger partial charge in [0, 0.05) is 41.1 Å². The van der Waals surface area contributed by atoms with Crippen molar-refractivity contribution < 1.29 is 0 Å². The summed E-state index contributed by atoms with van der Waals surface area (Å²) in [5.74, 6) is 0. The van der Waals surface area contributed by atoms with E-state index in [1.165, 1.54) is 0 Å². The molecule has 0 aliphatic heterocycles. The summed E-state index contributed by atoms with van der Waals surface area (Å²) in [6.45, 7) is 0. The van der Waals surface area contributed by atoms with Gasteiger partial charge in [0.1, 0.15) is 11.3 Å². The van der Waals surface area contributed by atoms with Crippen LogP contribution in [-0.2, 0) is 0 Å². The van der Waals surface area contributed by atoms with E-state index in [1.807, 2.05) is 43.0 Å². The average Bonchev–Trinajstić information content (AvgIpc) is 3.05. The molecule has 4 rings (SSSR count). The molecular weight excluding hydrogens is 224 g/mol. The van der Waals surface area contributed by atoms with Crippen molar-refractivity contribution in [2.45, 2.75) is 0 Å². The second-order valence-electron chi connectivity index (χ2n) is 4.24. The number of nitrogens with one attached hydrogen (secondary N) is 2. The molecule has 4 nitrogen and oxygen atoms in total. The Morgan fingerprint density at radius 1 is 0.889 bits per heavy atom. The first-order valence-corrected chi connectivity index (χ1v) is 5.77. The highest BCUT2D eigenvalue weighted by Crippen LogP contribution is 2.28. The van der Waals surface area contributed by atoms with Crippen LogP contribution in [0.2, 0.25) is 0 Å². The molecule has 0 bridgehead atoms. The zero-order valence-corrected chi connectivity index (χ0v) is 9.51. The average molecular weight is 234 g/mol. The van der Waals surface area contributed by atoms with Crippen LogP contribution in [0.1, 0.15) is 0 Å². The van der Waals surface area contributed by atoms with Crippen LogP contribution in [0.3, 0.4) is 0 Å². The van der Waals surface area contributed by atoms with Gasteiger partial charge in [-0.2, -0.15) is 0 Å². The molecule has 4 aromatic rings. The third-order valence-corrected chi connectivity index (χ3v) is 3.17. The number of aromatic amines is 2. The third-order valence-electron chi connectivity index (χ3n) is 3.17. The van der Waals surface area contributed by atoms with Crippen molar-refractivity contribution in [1.82, 2.24) is 19.9 Å². The zero-order valence-electron chi connectivity index (χ0n) is 9.51. The van der Waals surface area contributed by atoms with Crippen molar-refractivity contribution in [2.75, 3.05) is 0 Å². The highest BCUT2D eigenvalue weighted by molar-refractivity contribution is 5.94. The molecule has 0 aliphatic carbocycles. The summed E-state index contributed by atoms with van der Waals surface area (Å²) in [5.41, 5.74) is 4.07. The Morgan fingerprint density at radius 2 is 1.78 bits per heavy atom. The van der Waals surface area contributed by atoms with Crippen molar-refractivity contribution in [3.05, 3.63) is 49.1 Å². The summed E-state index contributed by atoms with van der Waals surface area (Å²) < 4.78 is 0. The van der Waals surface area contributed by atoms with Crippen molar-refractivity contribution >= 4 is 22.1 Å². The Hall–Kier alpha value is -2.62. The highest BCUT2D eigenvalue weighted by atomic mass is 14.8. The summed E-state index contributed by atoms with van der Waals surface area (Å²) in [6.07, 6.45) is 7.51. The molecule has 0 aromatic carbocycles. The summed E-state index contributed by atoms with van der Waals surface area (Å²) >= 11 is 0. The summed E-state index contributed by atoms with van der Waals surface area (Å²) in [4.78, 5) is 14.9. The lowest BCUT2D eigenvalue weighted by atomic mass is 10.1. The quantitative estimate of drug-likeness (QED) is 0.531. The standard InChI is InChI=1S/C14H10N4/c1-4-15-13-9(1)7-10(8-18-13)11-2-5-16-14-12(11)3-6-17-14/h1-8H,(H,15,18)(H,16,17). The fourth-order valence-corrected chi connectivity index (χ4v) is 2.30. The molecule has 0 unspecified atom stereocenters. The number of pyridine rings is 2. The second kappa shape index (κ2) is 3.43. The predicted octanol–water partition coefficient (Wildman–Crippen LogP) is 3.11. The minimum atomic E-state index is 0.904. The molecule has 18 heavy (non-hydrogen) atoms. The molecule has 0 atom stereocenters. The van der Waals surface area contributed by atoms with E-state index in [9.17, 15) is 0 Å². The molecule has 0 aliphatic rings. The van der Waals surface area contributed by atoms with E-state index in [0.29, 0.717) is 0 Å². The summed E-state index contributed by atoms with van der Waals surface area (Å²) in [5, 5.41) is 2.24. The summed E-state index contributed by atoms with van der Waals surface area (Å²) in [6, 6.07) is 8.23. The second-order valence-corrected chi connectivity index (χ2v) is 4.24. The number of H-pyrrole nitrogens is 2. The van der Waals surface area contributed by atoms with Gasteiger partial charge in [0.15, 0.2) is 0 Å². The molecular formula is C14H10N4. The first-order chi connectivity index (χ1) is 8.92. The maximum absolute atomic E-state index is 4.42. The van der Waals surface area contributed by atoms with Crippen molar-refractivity contribution in [3.8, 4) is 11.1 Å². The third kappa shape index (κ3) is 1.26. The first-order valence-electron chi connectivity index (χ1n) is 5.77. The molecule has 0 radical (unpaired) electrons. The van der Waals surface area contributed by atoms with Gasteiger partial charge in [0.25, 0.3) is 0 Å². The number of fused-ring (bicyclic) bond motifs is 2. The van der Waals surface area contributed by atoms with E-state index in [1.54, 1.807) is 0 Å². The Bertz CT molecular complexity index is 841. The van der Waals surface area contributed by atoms with Gasteiger partial charge in [0.05, 0.1) is 0 Å². The normalized spacial score (nSPS) is 11.3. The fourth-order valence-electron chi connectivity index (χ4n) is 2.30. The van der Waals surface area contributed by atoms with Crippen LogP contribution >= 0.6 is 0 Å². The maximum atomic E-state index is 4.42. The van der Waals surface area contributed by atoms with Gasteiger partial charge in [0.2, 0.25) is 0 Å². The smallest absolute Gasteiger partial charge is 0.137 e. The van der Waals surface area contributed by atoms with E-state index < -0.39 is 0 Å². The van der Waals surface area contributed by atoms with Crippen molar-refractivity contribution in [2.24, 2.45) is 0 Å². The Kier molecular flexibility index (Phi) is 1.80. The molecule has 4 heteroatoms. The minimum Gasteiger partial charge on any atom is -0.346 e.